The Hall–Kier alpha value is -0.950. The van der Waals surface area contributed by atoms with Crippen LogP contribution in [-0.2, 0) is 4.74 Å². The average Bonchev–Trinajstić information content (AvgIpc) is 2.62. The first kappa shape index (κ1) is 10.6. The summed E-state index contributed by atoms with van der Waals surface area (Å²) in [5, 5.41) is 13.4. The van der Waals surface area contributed by atoms with Gasteiger partial charge in [0.25, 0.3) is 0 Å². The van der Waals surface area contributed by atoms with E-state index in [1.54, 1.807) is 10.9 Å². The number of aromatic amines is 1. The molecule has 0 amide bonds. The van der Waals surface area contributed by atoms with Crippen LogP contribution in [0.2, 0.25) is 0 Å². The van der Waals surface area contributed by atoms with Crippen molar-refractivity contribution >= 4 is 21.7 Å². The van der Waals surface area contributed by atoms with Gasteiger partial charge in [0.2, 0.25) is 12.2 Å². The Labute approximate surface area is 94.5 Å². The second kappa shape index (κ2) is 4.28. The molecule has 82 valence electrons. The topological polar surface area (TPSA) is 72.0 Å². The van der Waals surface area contributed by atoms with Gasteiger partial charge in [-0.1, -0.05) is 0 Å². The van der Waals surface area contributed by atoms with E-state index < -0.39 is 4.92 Å². The molecule has 2 rings (SSSR count). The number of hydrogen-bond acceptors (Lipinski definition) is 3. The van der Waals surface area contributed by atoms with Gasteiger partial charge in [-0.2, -0.15) is 0 Å². The first-order valence-electron chi connectivity index (χ1n) is 4.70. The van der Waals surface area contributed by atoms with E-state index in [4.69, 9.17) is 4.74 Å². The molecule has 0 saturated carbocycles. The van der Waals surface area contributed by atoms with Crippen LogP contribution in [0.1, 0.15) is 18.9 Å². The number of ether oxygens (including phenoxy) is 1. The van der Waals surface area contributed by atoms with Crippen molar-refractivity contribution in [3.05, 3.63) is 20.8 Å². The zero-order valence-corrected chi connectivity index (χ0v) is 9.57. The number of nitro groups is 1. The van der Waals surface area contributed by atoms with Crippen molar-refractivity contribution in [1.29, 1.82) is 0 Å². The largest absolute Gasteiger partial charge is 0.394 e. The summed E-state index contributed by atoms with van der Waals surface area (Å²) in [6.07, 6.45) is 3.66. The highest BCUT2D eigenvalue weighted by Crippen LogP contribution is 2.22. The Bertz CT molecular complexity index is 373. The fraction of sp³-hybridized carbons (Fsp3) is 0.625. The Morgan fingerprint density at radius 1 is 1.73 bits per heavy atom. The van der Waals surface area contributed by atoms with Crippen molar-refractivity contribution in [2.45, 2.75) is 18.9 Å². The van der Waals surface area contributed by atoms with Gasteiger partial charge in [-0.25, -0.2) is 0 Å². The monoisotopic (exact) mass is 276 g/mol. The molecule has 0 aliphatic carbocycles. The molecule has 1 fully saturated rings. The first-order chi connectivity index (χ1) is 7.18. The molecule has 1 aromatic rings. The highest BCUT2D eigenvalue weighted by molar-refractivity contribution is 9.10. The number of rotatable bonds is 2. The third-order valence-corrected chi connectivity index (χ3v) is 3.01. The number of H-pyrrole nitrogens is 1. The molecule has 1 aliphatic heterocycles. The first-order valence-corrected chi connectivity index (χ1v) is 5.49. The molecule has 1 unspecified atom stereocenters. The molecule has 1 atom stereocenters. The molecule has 2 heterocycles. The van der Waals surface area contributed by atoms with Crippen molar-refractivity contribution in [3.63, 3.8) is 0 Å². The van der Waals surface area contributed by atoms with Crippen LogP contribution in [0.3, 0.4) is 0 Å². The van der Waals surface area contributed by atoms with Crippen molar-refractivity contribution in [3.8, 4) is 0 Å². The quantitative estimate of drug-likeness (QED) is 0.503. The molecule has 0 spiro atoms. The Morgan fingerprint density at radius 2 is 2.53 bits per heavy atom. The molecule has 1 saturated heterocycles. The molecule has 0 aromatic carbocycles. The van der Waals surface area contributed by atoms with E-state index in [1.165, 1.54) is 0 Å². The smallest absolute Gasteiger partial charge is 0.374 e. The predicted molar refractivity (Wildman–Crippen MR) is 54.4 cm³/mol. The molecule has 0 bridgehead atoms. The molecule has 0 radical (unpaired) electrons. The maximum Gasteiger partial charge on any atom is 0.394 e. The van der Waals surface area contributed by atoms with Crippen LogP contribution in [-0.4, -0.2) is 23.2 Å². The number of nitrogens with zero attached hydrogens (tertiary/aromatic N) is 2. The number of aromatic nitrogens is 2. The van der Waals surface area contributed by atoms with Crippen molar-refractivity contribution in [1.82, 2.24) is 5.10 Å². The van der Waals surface area contributed by atoms with E-state index in [0.717, 1.165) is 19.4 Å². The van der Waals surface area contributed by atoms with Crippen LogP contribution in [0.15, 0.2) is 10.7 Å². The van der Waals surface area contributed by atoms with E-state index in [1.807, 2.05) is 0 Å². The van der Waals surface area contributed by atoms with Gasteiger partial charge in [0.1, 0.15) is 6.61 Å². The van der Waals surface area contributed by atoms with E-state index in [0.29, 0.717) is 11.1 Å². The summed E-state index contributed by atoms with van der Waals surface area (Å²) >= 11 is 3.15. The van der Waals surface area contributed by atoms with Crippen LogP contribution in [0, 0.1) is 10.1 Å². The summed E-state index contributed by atoms with van der Waals surface area (Å²) in [7, 11) is 0. The van der Waals surface area contributed by atoms with Gasteiger partial charge < -0.3 is 14.9 Å². The van der Waals surface area contributed by atoms with Gasteiger partial charge in [-0.15, -0.1) is 0 Å². The van der Waals surface area contributed by atoms with E-state index in [-0.39, 0.29) is 11.9 Å². The van der Waals surface area contributed by atoms with Crippen LogP contribution in [0.5, 0.6) is 0 Å². The minimum atomic E-state index is -0.440. The minimum absolute atomic E-state index is 0.0134. The van der Waals surface area contributed by atoms with Gasteiger partial charge >= 0.3 is 5.82 Å². The van der Waals surface area contributed by atoms with E-state index >= 15 is 0 Å². The lowest BCUT2D eigenvalue weighted by Crippen LogP contribution is -2.45. The minimum Gasteiger partial charge on any atom is -0.374 e. The van der Waals surface area contributed by atoms with E-state index in [2.05, 4.69) is 21.0 Å². The van der Waals surface area contributed by atoms with E-state index in [9.17, 15) is 10.1 Å². The Kier molecular flexibility index (Phi) is 3.01. The summed E-state index contributed by atoms with van der Waals surface area (Å²) in [6, 6.07) is 0.170. The predicted octanol–water partition coefficient (Wildman–Crippen LogP) is 1.32. The maximum absolute atomic E-state index is 10.6. The Balaban J connectivity index is 2.21. The second-order valence-electron chi connectivity index (χ2n) is 3.47. The molecule has 1 aromatic heterocycles. The molecule has 15 heavy (non-hydrogen) atoms. The summed E-state index contributed by atoms with van der Waals surface area (Å²) in [5.74, 6) is -0.0134. The third-order valence-electron chi connectivity index (χ3n) is 2.43. The summed E-state index contributed by atoms with van der Waals surface area (Å²) < 4.78 is 7.53. The number of hydrogen-bond donors (Lipinski definition) is 1. The van der Waals surface area contributed by atoms with Crippen molar-refractivity contribution in [2.24, 2.45) is 0 Å². The average molecular weight is 277 g/mol. The van der Waals surface area contributed by atoms with Gasteiger partial charge in [0, 0.05) is 13.0 Å². The van der Waals surface area contributed by atoms with Gasteiger partial charge in [0.05, 0.1) is 0 Å². The van der Waals surface area contributed by atoms with Crippen LogP contribution in [0.4, 0.5) is 5.82 Å². The maximum atomic E-state index is 10.6. The number of nitrogens with one attached hydrogen (secondary N) is 1. The normalized spacial score (nSPS) is 21.5. The molecule has 6 nitrogen and oxygen atoms in total. The Morgan fingerprint density at radius 3 is 3.07 bits per heavy atom. The fourth-order valence-electron chi connectivity index (χ4n) is 1.66. The molecular weight excluding hydrogens is 266 g/mol. The third kappa shape index (κ3) is 2.18. The van der Waals surface area contributed by atoms with Crippen LogP contribution in [0.25, 0.3) is 0 Å². The van der Waals surface area contributed by atoms with Crippen LogP contribution >= 0.6 is 15.9 Å². The molecule has 1 aliphatic rings. The number of halogens is 1. The van der Waals surface area contributed by atoms with Gasteiger partial charge in [-0.3, -0.25) is 0 Å². The summed E-state index contributed by atoms with van der Waals surface area (Å²) in [6.45, 7) is 1.38. The van der Waals surface area contributed by atoms with Gasteiger partial charge in [0.15, 0.2) is 4.47 Å². The lowest BCUT2D eigenvalue weighted by molar-refractivity contribution is -0.779. The fourth-order valence-corrected chi connectivity index (χ4v) is 2.11. The molecular formula is C8H11BrN3O3+. The SMILES string of the molecule is O=[N+]([O-])c1[nH][n+](C2CCCOC2)cc1Br. The lowest BCUT2D eigenvalue weighted by Gasteiger charge is -2.14. The zero-order chi connectivity index (χ0) is 10.8. The zero-order valence-electron chi connectivity index (χ0n) is 7.98. The van der Waals surface area contributed by atoms with Gasteiger partial charge in [-0.05, 0) is 37.1 Å². The highest BCUT2D eigenvalue weighted by atomic mass is 79.9. The molecule has 1 N–H and O–H groups in total. The lowest BCUT2D eigenvalue weighted by atomic mass is 10.1. The summed E-state index contributed by atoms with van der Waals surface area (Å²) in [4.78, 5) is 10.2. The van der Waals surface area contributed by atoms with Crippen molar-refractivity contribution < 1.29 is 14.3 Å². The standard InChI is InChI=1S/C8H10BrN3O3/c9-7-4-11(10-8(7)12(13)14)6-2-1-3-15-5-6/h4,6H,1-3,5H2/p+1. The van der Waals surface area contributed by atoms with Crippen LogP contribution < -0.4 is 4.68 Å². The molecule has 7 heteroatoms. The summed E-state index contributed by atoms with van der Waals surface area (Å²) in [5.41, 5.74) is 0. The van der Waals surface area contributed by atoms with Crippen molar-refractivity contribution in [2.75, 3.05) is 13.2 Å². The second-order valence-corrected chi connectivity index (χ2v) is 4.33. The highest BCUT2D eigenvalue weighted by Gasteiger charge is 2.30.